The van der Waals surface area contributed by atoms with Crippen LogP contribution in [-0.4, -0.2) is 34.3 Å². The Morgan fingerprint density at radius 2 is 1.84 bits per heavy atom. The molecular formula is C16H19ClN4O2S2. The number of carbonyl (C=O) groups excluding carboxylic acids is 2. The maximum absolute atomic E-state index is 11.9. The Hall–Kier alpha value is -1.64. The number of hydrogen-bond acceptors (Lipinski definition) is 6. The number of thiol groups is 1. The van der Waals surface area contributed by atoms with E-state index >= 15 is 0 Å². The number of nitrogens with one attached hydrogen (secondary N) is 2. The summed E-state index contributed by atoms with van der Waals surface area (Å²) in [6.07, 6.45) is 2.88. The quantitative estimate of drug-likeness (QED) is 0.446. The SMILES string of the molecule is O=C(CS)NCCCCCC(=O)Nc1nnc(-c2ccc(Cl)cc2)s1. The average Bonchev–Trinajstić information content (AvgIpc) is 3.06. The molecule has 0 fully saturated rings. The highest BCUT2D eigenvalue weighted by Gasteiger charge is 2.09. The molecule has 1 aromatic carbocycles. The molecule has 0 saturated heterocycles. The van der Waals surface area contributed by atoms with Crippen molar-refractivity contribution in [2.24, 2.45) is 0 Å². The first-order valence-electron chi connectivity index (χ1n) is 7.85. The maximum atomic E-state index is 11.9. The fourth-order valence-corrected chi connectivity index (χ4v) is 3.04. The highest BCUT2D eigenvalue weighted by molar-refractivity contribution is 7.81. The predicted octanol–water partition coefficient (Wildman–Crippen LogP) is 3.40. The van der Waals surface area contributed by atoms with Crippen LogP contribution in [0.2, 0.25) is 5.02 Å². The van der Waals surface area contributed by atoms with Gasteiger partial charge in [-0.05, 0) is 25.0 Å². The molecule has 0 unspecified atom stereocenters. The fourth-order valence-electron chi connectivity index (χ4n) is 2.04. The van der Waals surface area contributed by atoms with E-state index in [1.165, 1.54) is 11.3 Å². The van der Waals surface area contributed by atoms with E-state index in [4.69, 9.17) is 11.6 Å². The van der Waals surface area contributed by atoms with Crippen LogP contribution < -0.4 is 10.6 Å². The Balaban J connectivity index is 1.69. The zero-order chi connectivity index (χ0) is 18.1. The molecule has 134 valence electrons. The van der Waals surface area contributed by atoms with Crippen molar-refractivity contribution in [2.75, 3.05) is 17.6 Å². The summed E-state index contributed by atoms with van der Waals surface area (Å²) in [5.74, 6) is 0.0365. The lowest BCUT2D eigenvalue weighted by Crippen LogP contribution is -2.25. The van der Waals surface area contributed by atoms with E-state index in [1.54, 1.807) is 12.1 Å². The summed E-state index contributed by atoms with van der Waals surface area (Å²) in [4.78, 5) is 22.9. The molecule has 25 heavy (non-hydrogen) atoms. The number of halogens is 1. The van der Waals surface area contributed by atoms with Crippen molar-refractivity contribution < 1.29 is 9.59 Å². The third kappa shape index (κ3) is 7.01. The molecule has 2 rings (SSSR count). The molecule has 1 aromatic heterocycles. The minimum atomic E-state index is -0.0850. The number of aromatic nitrogens is 2. The van der Waals surface area contributed by atoms with Gasteiger partial charge in [-0.3, -0.25) is 9.59 Å². The molecule has 6 nitrogen and oxygen atoms in total. The molecule has 0 aliphatic carbocycles. The lowest BCUT2D eigenvalue weighted by atomic mass is 10.2. The van der Waals surface area contributed by atoms with Gasteiger partial charge in [0, 0.05) is 23.6 Å². The van der Waals surface area contributed by atoms with Gasteiger partial charge in [0.25, 0.3) is 0 Å². The first kappa shape index (κ1) is 19.7. The topological polar surface area (TPSA) is 84.0 Å². The summed E-state index contributed by atoms with van der Waals surface area (Å²) >= 11 is 11.1. The van der Waals surface area contributed by atoms with Crippen molar-refractivity contribution in [2.45, 2.75) is 25.7 Å². The van der Waals surface area contributed by atoms with Gasteiger partial charge < -0.3 is 10.6 Å². The Labute approximate surface area is 160 Å². The summed E-state index contributed by atoms with van der Waals surface area (Å²) in [5, 5.41) is 15.4. The van der Waals surface area contributed by atoms with Crippen molar-refractivity contribution in [3.63, 3.8) is 0 Å². The van der Waals surface area contributed by atoms with Crippen molar-refractivity contribution in [1.29, 1.82) is 0 Å². The van der Waals surface area contributed by atoms with Crippen LogP contribution in [0, 0.1) is 0 Å². The number of carbonyl (C=O) groups is 2. The molecule has 2 N–H and O–H groups in total. The van der Waals surface area contributed by atoms with Crippen LogP contribution in [0.25, 0.3) is 10.6 Å². The van der Waals surface area contributed by atoms with Crippen molar-refractivity contribution in [3.05, 3.63) is 29.3 Å². The van der Waals surface area contributed by atoms with Crippen LogP contribution in [-0.2, 0) is 9.59 Å². The van der Waals surface area contributed by atoms with Gasteiger partial charge in [0.15, 0.2) is 0 Å². The molecule has 0 aliphatic heterocycles. The van der Waals surface area contributed by atoms with Crippen LogP contribution >= 0.6 is 35.6 Å². The molecule has 0 spiro atoms. The standard InChI is InChI=1S/C16H19ClN4O2S2/c17-12-7-5-11(6-8-12)15-20-21-16(25-15)19-13(22)4-2-1-3-9-18-14(23)10-24/h5-8,24H,1-4,9-10H2,(H,18,23)(H,19,21,22). The largest absolute Gasteiger partial charge is 0.355 e. The average molecular weight is 399 g/mol. The van der Waals surface area contributed by atoms with E-state index in [-0.39, 0.29) is 17.6 Å². The number of nitrogens with zero attached hydrogens (tertiary/aromatic N) is 2. The van der Waals surface area contributed by atoms with Gasteiger partial charge in [-0.25, -0.2) is 0 Å². The third-order valence-electron chi connectivity index (χ3n) is 3.31. The van der Waals surface area contributed by atoms with E-state index in [9.17, 15) is 9.59 Å². The van der Waals surface area contributed by atoms with Gasteiger partial charge in [0.05, 0.1) is 5.75 Å². The summed E-state index contributed by atoms with van der Waals surface area (Å²) in [6, 6.07) is 7.30. The van der Waals surface area contributed by atoms with Gasteiger partial charge in [0.2, 0.25) is 16.9 Å². The summed E-state index contributed by atoms with van der Waals surface area (Å²) in [5.41, 5.74) is 0.908. The Morgan fingerprint density at radius 3 is 2.56 bits per heavy atom. The van der Waals surface area contributed by atoms with Crippen LogP contribution in [0.4, 0.5) is 5.13 Å². The molecule has 0 atom stereocenters. The first-order valence-corrected chi connectivity index (χ1v) is 9.68. The van der Waals surface area contributed by atoms with Gasteiger partial charge in [0.1, 0.15) is 5.01 Å². The normalized spacial score (nSPS) is 10.5. The van der Waals surface area contributed by atoms with Crippen LogP contribution in [0.5, 0.6) is 0 Å². The second kappa shape index (κ2) is 10.4. The zero-order valence-corrected chi connectivity index (χ0v) is 16.0. The monoisotopic (exact) mass is 398 g/mol. The number of amides is 2. The Morgan fingerprint density at radius 1 is 1.08 bits per heavy atom. The molecule has 0 saturated carbocycles. The number of anilines is 1. The van der Waals surface area contributed by atoms with E-state index in [1.807, 2.05) is 12.1 Å². The maximum Gasteiger partial charge on any atom is 0.229 e. The number of rotatable bonds is 9. The zero-order valence-electron chi connectivity index (χ0n) is 13.5. The molecule has 2 amide bonds. The second-order valence-electron chi connectivity index (χ2n) is 5.29. The van der Waals surface area contributed by atoms with Crippen molar-refractivity contribution >= 4 is 52.5 Å². The van der Waals surface area contributed by atoms with Gasteiger partial charge in [-0.1, -0.05) is 41.5 Å². The third-order valence-corrected chi connectivity index (χ3v) is 4.74. The molecule has 0 bridgehead atoms. The number of benzene rings is 1. The smallest absolute Gasteiger partial charge is 0.229 e. The number of hydrogen-bond donors (Lipinski definition) is 3. The Kier molecular flexibility index (Phi) is 8.17. The Bertz CT molecular complexity index is 706. The van der Waals surface area contributed by atoms with E-state index < -0.39 is 0 Å². The van der Waals surface area contributed by atoms with Gasteiger partial charge in [-0.15, -0.1) is 10.2 Å². The van der Waals surface area contributed by atoms with Crippen LogP contribution in [0.3, 0.4) is 0 Å². The van der Waals surface area contributed by atoms with Crippen LogP contribution in [0.15, 0.2) is 24.3 Å². The summed E-state index contributed by atoms with van der Waals surface area (Å²) < 4.78 is 0. The highest BCUT2D eigenvalue weighted by atomic mass is 35.5. The molecule has 0 radical (unpaired) electrons. The molecule has 9 heteroatoms. The van der Waals surface area contributed by atoms with Crippen molar-refractivity contribution in [3.8, 4) is 10.6 Å². The molecule has 2 aromatic rings. The van der Waals surface area contributed by atoms with E-state index in [0.29, 0.717) is 23.1 Å². The van der Waals surface area contributed by atoms with Crippen LogP contribution in [0.1, 0.15) is 25.7 Å². The minimum Gasteiger partial charge on any atom is -0.355 e. The molecular weight excluding hydrogens is 380 g/mol. The van der Waals surface area contributed by atoms with E-state index in [0.717, 1.165) is 29.8 Å². The lowest BCUT2D eigenvalue weighted by Gasteiger charge is -2.03. The summed E-state index contributed by atoms with van der Waals surface area (Å²) in [6.45, 7) is 0.613. The van der Waals surface area contributed by atoms with Crippen molar-refractivity contribution in [1.82, 2.24) is 15.5 Å². The van der Waals surface area contributed by atoms with Gasteiger partial charge >= 0.3 is 0 Å². The lowest BCUT2D eigenvalue weighted by molar-refractivity contribution is -0.118. The highest BCUT2D eigenvalue weighted by Crippen LogP contribution is 2.27. The second-order valence-corrected chi connectivity index (χ2v) is 7.02. The molecule has 0 aliphatic rings. The fraction of sp³-hybridized carbons (Fsp3) is 0.375. The molecule has 1 heterocycles. The van der Waals surface area contributed by atoms with Gasteiger partial charge in [-0.2, -0.15) is 12.6 Å². The minimum absolute atomic E-state index is 0.0752. The predicted molar refractivity (Wildman–Crippen MR) is 104 cm³/mol. The first-order chi connectivity index (χ1) is 12.1. The summed E-state index contributed by atoms with van der Waals surface area (Å²) in [7, 11) is 0. The van der Waals surface area contributed by atoms with E-state index in [2.05, 4.69) is 33.5 Å². The number of unbranched alkanes of at least 4 members (excludes halogenated alkanes) is 2.